The Morgan fingerprint density at radius 3 is 2.71 bits per heavy atom. The number of carbonyl (C=O) groups is 1. The summed E-state index contributed by atoms with van der Waals surface area (Å²) in [5.74, 6) is 1.53. The van der Waals surface area contributed by atoms with Gasteiger partial charge in [-0.1, -0.05) is 18.2 Å². The largest absolute Gasteiger partial charge is 0.493 e. The SMILES string of the molecule is COc1ccc(CCC(=O)N[C@H]2CC=CCC2)cc1OC. The lowest BCUT2D eigenvalue weighted by molar-refractivity contribution is -0.121. The average Bonchev–Trinajstić information content (AvgIpc) is 2.53. The third-order valence-corrected chi connectivity index (χ3v) is 3.72. The van der Waals surface area contributed by atoms with Gasteiger partial charge in [0, 0.05) is 12.5 Å². The molecular formula is C17H23NO3. The molecule has 1 N–H and O–H groups in total. The number of methoxy groups -OCH3 is 2. The molecule has 0 radical (unpaired) electrons. The van der Waals surface area contributed by atoms with Gasteiger partial charge in [-0.25, -0.2) is 0 Å². The van der Waals surface area contributed by atoms with Crippen LogP contribution in [0.4, 0.5) is 0 Å². The highest BCUT2D eigenvalue weighted by Crippen LogP contribution is 2.27. The average molecular weight is 289 g/mol. The van der Waals surface area contributed by atoms with Crippen LogP contribution in [0.3, 0.4) is 0 Å². The highest BCUT2D eigenvalue weighted by molar-refractivity contribution is 5.76. The van der Waals surface area contributed by atoms with Crippen LogP contribution < -0.4 is 14.8 Å². The van der Waals surface area contributed by atoms with E-state index in [2.05, 4.69) is 17.5 Å². The van der Waals surface area contributed by atoms with Gasteiger partial charge in [-0.15, -0.1) is 0 Å². The van der Waals surface area contributed by atoms with E-state index in [1.54, 1.807) is 14.2 Å². The van der Waals surface area contributed by atoms with Crippen LogP contribution in [0.1, 0.15) is 31.2 Å². The first kappa shape index (κ1) is 15.4. The number of hydrogen-bond donors (Lipinski definition) is 1. The molecule has 0 aromatic heterocycles. The highest BCUT2D eigenvalue weighted by atomic mass is 16.5. The van der Waals surface area contributed by atoms with E-state index in [0.717, 1.165) is 24.8 Å². The minimum absolute atomic E-state index is 0.116. The maximum Gasteiger partial charge on any atom is 0.220 e. The molecule has 1 atom stereocenters. The third-order valence-electron chi connectivity index (χ3n) is 3.72. The number of benzene rings is 1. The molecule has 1 aromatic rings. The molecule has 0 saturated carbocycles. The number of hydrogen-bond acceptors (Lipinski definition) is 3. The molecule has 2 rings (SSSR count). The summed E-state index contributed by atoms with van der Waals surface area (Å²) in [5, 5.41) is 3.09. The van der Waals surface area contributed by atoms with Crippen LogP contribution in [0.5, 0.6) is 11.5 Å². The van der Waals surface area contributed by atoms with Gasteiger partial charge in [-0.3, -0.25) is 4.79 Å². The van der Waals surface area contributed by atoms with Crippen molar-refractivity contribution in [2.75, 3.05) is 14.2 Å². The van der Waals surface area contributed by atoms with Gasteiger partial charge in [0.1, 0.15) is 0 Å². The zero-order valence-corrected chi connectivity index (χ0v) is 12.7. The summed E-state index contributed by atoms with van der Waals surface area (Å²) < 4.78 is 10.5. The van der Waals surface area contributed by atoms with E-state index in [1.807, 2.05) is 18.2 Å². The Balaban J connectivity index is 1.84. The molecule has 0 heterocycles. The number of aryl methyl sites for hydroxylation is 1. The molecule has 1 aromatic carbocycles. The van der Waals surface area contributed by atoms with Crippen molar-refractivity contribution in [1.82, 2.24) is 5.32 Å². The normalized spacial score (nSPS) is 17.3. The predicted octanol–water partition coefficient (Wildman–Crippen LogP) is 2.86. The first-order valence-corrected chi connectivity index (χ1v) is 7.38. The van der Waals surface area contributed by atoms with Crippen LogP contribution in [0, 0.1) is 0 Å². The fraction of sp³-hybridized carbons (Fsp3) is 0.471. The zero-order valence-electron chi connectivity index (χ0n) is 12.7. The minimum atomic E-state index is 0.116. The van der Waals surface area contributed by atoms with Crippen molar-refractivity contribution in [3.05, 3.63) is 35.9 Å². The van der Waals surface area contributed by atoms with Crippen LogP contribution >= 0.6 is 0 Å². The predicted molar refractivity (Wildman–Crippen MR) is 82.8 cm³/mol. The number of nitrogens with one attached hydrogen (secondary N) is 1. The molecule has 21 heavy (non-hydrogen) atoms. The molecule has 1 amide bonds. The summed E-state index contributed by atoms with van der Waals surface area (Å²) in [6.45, 7) is 0. The van der Waals surface area contributed by atoms with Crippen LogP contribution in [0.15, 0.2) is 30.4 Å². The van der Waals surface area contributed by atoms with Gasteiger partial charge in [0.15, 0.2) is 11.5 Å². The summed E-state index contributed by atoms with van der Waals surface area (Å²) >= 11 is 0. The van der Waals surface area contributed by atoms with Crippen molar-refractivity contribution < 1.29 is 14.3 Å². The quantitative estimate of drug-likeness (QED) is 0.819. The zero-order chi connectivity index (χ0) is 15.1. The van der Waals surface area contributed by atoms with Gasteiger partial charge in [0.05, 0.1) is 14.2 Å². The number of carbonyl (C=O) groups excluding carboxylic acids is 1. The second-order valence-electron chi connectivity index (χ2n) is 5.24. The molecule has 0 saturated heterocycles. The lowest BCUT2D eigenvalue weighted by Crippen LogP contribution is -2.35. The fourth-order valence-electron chi connectivity index (χ4n) is 2.52. The Kier molecular flexibility index (Phi) is 5.67. The Labute approximate surface area is 126 Å². The molecule has 0 spiro atoms. The molecule has 0 bridgehead atoms. The third kappa shape index (κ3) is 4.52. The van der Waals surface area contributed by atoms with Crippen molar-refractivity contribution in [1.29, 1.82) is 0 Å². The van der Waals surface area contributed by atoms with Crippen LogP contribution in [-0.2, 0) is 11.2 Å². The van der Waals surface area contributed by atoms with Crippen molar-refractivity contribution >= 4 is 5.91 Å². The van der Waals surface area contributed by atoms with E-state index in [-0.39, 0.29) is 5.91 Å². The Morgan fingerprint density at radius 2 is 2.05 bits per heavy atom. The van der Waals surface area contributed by atoms with Crippen LogP contribution in [0.25, 0.3) is 0 Å². The van der Waals surface area contributed by atoms with Gasteiger partial charge < -0.3 is 14.8 Å². The monoisotopic (exact) mass is 289 g/mol. The summed E-state index contributed by atoms with van der Waals surface area (Å²) in [6, 6.07) is 6.07. The van der Waals surface area contributed by atoms with Crippen LogP contribution in [0.2, 0.25) is 0 Å². The van der Waals surface area contributed by atoms with Gasteiger partial charge in [-0.2, -0.15) is 0 Å². The van der Waals surface area contributed by atoms with E-state index in [1.165, 1.54) is 0 Å². The van der Waals surface area contributed by atoms with Crippen molar-refractivity contribution in [3.63, 3.8) is 0 Å². The molecule has 0 unspecified atom stereocenters. The van der Waals surface area contributed by atoms with Gasteiger partial charge >= 0.3 is 0 Å². The summed E-state index contributed by atoms with van der Waals surface area (Å²) in [7, 11) is 3.23. The van der Waals surface area contributed by atoms with E-state index in [9.17, 15) is 4.79 Å². The maximum absolute atomic E-state index is 12.0. The lowest BCUT2D eigenvalue weighted by atomic mass is 10.0. The van der Waals surface area contributed by atoms with Crippen molar-refractivity contribution in [3.8, 4) is 11.5 Å². The molecule has 4 heteroatoms. The second kappa shape index (κ2) is 7.72. The molecule has 1 aliphatic rings. The number of rotatable bonds is 6. The Morgan fingerprint density at radius 1 is 1.24 bits per heavy atom. The summed E-state index contributed by atoms with van der Waals surface area (Å²) in [6.07, 6.45) is 8.56. The summed E-state index contributed by atoms with van der Waals surface area (Å²) in [4.78, 5) is 12.0. The maximum atomic E-state index is 12.0. The van der Waals surface area contributed by atoms with E-state index in [4.69, 9.17) is 9.47 Å². The smallest absolute Gasteiger partial charge is 0.220 e. The van der Waals surface area contributed by atoms with Crippen molar-refractivity contribution in [2.45, 2.75) is 38.1 Å². The summed E-state index contributed by atoms with van der Waals surface area (Å²) in [5.41, 5.74) is 1.08. The van der Waals surface area contributed by atoms with E-state index in [0.29, 0.717) is 30.4 Å². The molecule has 114 valence electrons. The first-order chi connectivity index (χ1) is 10.2. The molecule has 0 aliphatic heterocycles. The lowest BCUT2D eigenvalue weighted by Gasteiger charge is -2.19. The number of ether oxygens (including phenoxy) is 2. The van der Waals surface area contributed by atoms with Gasteiger partial charge in [-0.05, 0) is 43.4 Å². The number of amides is 1. The Hall–Kier alpha value is -1.97. The topological polar surface area (TPSA) is 47.6 Å². The molecular weight excluding hydrogens is 266 g/mol. The van der Waals surface area contributed by atoms with E-state index >= 15 is 0 Å². The molecule has 0 fully saturated rings. The fourth-order valence-corrected chi connectivity index (χ4v) is 2.52. The Bertz CT molecular complexity index is 511. The van der Waals surface area contributed by atoms with Crippen molar-refractivity contribution in [2.24, 2.45) is 0 Å². The number of allylic oxidation sites excluding steroid dienone is 1. The second-order valence-corrected chi connectivity index (χ2v) is 5.24. The van der Waals surface area contributed by atoms with Gasteiger partial charge in [0.25, 0.3) is 0 Å². The molecule has 1 aliphatic carbocycles. The highest BCUT2D eigenvalue weighted by Gasteiger charge is 2.13. The van der Waals surface area contributed by atoms with Gasteiger partial charge in [0.2, 0.25) is 5.91 Å². The van der Waals surface area contributed by atoms with Crippen LogP contribution in [-0.4, -0.2) is 26.2 Å². The standard InChI is InChI=1S/C17H23NO3/c1-20-15-10-8-13(12-16(15)21-2)9-11-17(19)18-14-6-4-3-5-7-14/h3-4,8,10,12,14H,5-7,9,11H2,1-2H3,(H,18,19)/t14-/m0/s1. The minimum Gasteiger partial charge on any atom is -0.493 e. The first-order valence-electron chi connectivity index (χ1n) is 7.38. The molecule has 4 nitrogen and oxygen atoms in total. The van der Waals surface area contributed by atoms with E-state index < -0.39 is 0 Å².